The quantitative estimate of drug-likeness (QED) is 0.797. The molecule has 6 heteroatoms. The number of rotatable bonds is 3. The Morgan fingerprint density at radius 3 is 2.38 bits per heavy atom. The molecule has 88 valence electrons. The van der Waals surface area contributed by atoms with E-state index in [4.69, 9.17) is 26.8 Å². The molecule has 0 unspecified atom stereocenters. The van der Waals surface area contributed by atoms with E-state index in [9.17, 15) is 4.79 Å². The van der Waals surface area contributed by atoms with Gasteiger partial charge in [-0.1, -0.05) is 11.6 Å². The van der Waals surface area contributed by atoms with Gasteiger partial charge in [-0.15, -0.1) is 0 Å². The number of hydrogen-bond donors (Lipinski definition) is 2. The van der Waals surface area contributed by atoms with Gasteiger partial charge in [0.05, 0.1) is 24.9 Å². The first kappa shape index (κ1) is 12.4. The fourth-order valence-electron chi connectivity index (χ4n) is 1.34. The Morgan fingerprint density at radius 2 is 1.94 bits per heavy atom. The van der Waals surface area contributed by atoms with Gasteiger partial charge in [-0.05, 0) is 6.07 Å². The minimum Gasteiger partial charge on any atom is -0.493 e. The summed E-state index contributed by atoms with van der Waals surface area (Å²) in [5.74, 6) is 0.419. The number of anilines is 2. The van der Waals surface area contributed by atoms with Crippen molar-refractivity contribution >= 4 is 28.9 Å². The van der Waals surface area contributed by atoms with Crippen LogP contribution in [0, 0.1) is 0 Å². The molecule has 1 aromatic carbocycles. The summed E-state index contributed by atoms with van der Waals surface area (Å²) in [7, 11) is 2.90. The summed E-state index contributed by atoms with van der Waals surface area (Å²) in [4.78, 5) is 11.0. The molecule has 0 radical (unpaired) electrons. The number of ether oxygens (including phenoxy) is 2. The summed E-state index contributed by atoms with van der Waals surface area (Å²) in [6.45, 7) is 1.38. The molecule has 0 aromatic heterocycles. The Balaban J connectivity index is 3.34. The molecule has 0 aliphatic carbocycles. The zero-order valence-electron chi connectivity index (χ0n) is 9.26. The Hall–Kier alpha value is -1.62. The molecule has 3 N–H and O–H groups in total. The van der Waals surface area contributed by atoms with E-state index in [1.165, 1.54) is 27.2 Å². The van der Waals surface area contributed by atoms with Gasteiger partial charge in [0.15, 0.2) is 11.5 Å². The van der Waals surface area contributed by atoms with Crippen LogP contribution >= 0.6 is 11.6 Å². The summed E-state index contributed by atoms with van der Waals surface area (Å²) in [5, 5.41) is 2.88. The maximum atomic E-state index is 11.0. The number of methoxy groups -OCH3 is 2. The standard InChI is InChI=1S/C10H13ClN2O3/c1-5(14)13-7-4-6(11)9(15-2)8(12)10(7)16-3/h4H,12H2,1-3H3,(H,13,14). The van der Waals surface area contributed by atoms with Crippen LogP contribution < -0.4 is 20.5 Å². The highest BCUT2D eigenvalue weighted by Crippen LogP contribution is 2.43. The molecular formula is C10H13ClN2O3. The lowest BCUT2D eigenvalue weighted by Crippen LogP contribution is -2.09. The van der Waals surface area contributed by atoms with E-state index in [1.54, 1.807) is 0 Å². The average Bonchev–Trinajstić information content (AvgIpc) is 2.17. The molecule has 0 bridgehead atoms. The lowest BCUT2D eigenvalue weighted by Gasteiger charge is -2.15. The zero-order chi connectivity index (χ0) is 12.3. The van der Waals surface area contributed by atoms with Gasteiger partial charge in [0.25, 0.3) is 0 Å². The molecule has 0 saturated carbocycles. The zero-order valence-corrected chi connectivity index (χ0v) is 10.0. The molecule has 0 fully saturated rings. The minimum atomic E-state index is -0.237. The number of amides is 1. The van der Waals surface area contributed by atoms with Crippen molar-refractivity contribution in [3.05, 3.63) is 11.1 Å². The molecule has 0 aliphatic rings. The number of benzene rings is 1. The maximum Gasteiger partial charge on any atom is 0.221 e. The molecule has 0 aliphatic heterocycles. The molecule has 1 rings (SSSR count). The summed E-state index contributed by atoms with van der Waals surface area (Å²) >= 11 is 5.94. The number of nitrogen functional groups attached to an aromatic ring is 1. The van der Waals surface area contributed by atoms with Crippen LogP contribution in [0.25, 0.3) is 0 Å². The van der Waals surface area contributed by atoms with Crippen LogP contribution in [-0.2, 0) is 4.79 Å². The summed E-state index contributed by atoms with van der Waals surface area (Å²) in [6, 6.07) is 1.52. The van der Waals surface area contributed by atoms with E-state index in [-0.39, 0.29) is 11.6 Å². The number of nitrogens with one attached hydrogen (secondary N) is 1. The Bertz CT molecular complexity index is 421. The van der Waals surface area contributed by atoms with Gasteiger partial charge in [-0.25, -0.2) is 0 Å². The van der Waals surface area contributed by atoms with Gasteiger partial charge < -0.3 is 20.5 Å². The van der Waals surface area contributed by atoms with Crippen molar-refractivity contribution in [2.24, 2.45) is 0 Å². The number of carbonyl (C=O) groups is 1. The van der Waals surface area contributed by atoms with Gasteiger partial charge in [0.2, 0.25) is 5.91 Å². The monoisotopic (exact) mass is 244 g/mol. The molecular weight excluding hydrogens is 232 g/mol. The van der Waals surface area contributed by atoms with Crippen molar-refractivity contribution in [3.8, 4) is 11.5 Å². The number of halogens is 1. The van der Waals surface area contributed by atoms with Crippen LogP contribution in [0.5, 0.6) is 11.5 Å². The molecule has 0 spiro atoms. The van der Waals surface area contributed by atoms with E-state index in [1.807, 2.05) is 0 Å². The van der Waals surface area contributed by atoms with E-state index >= 15 is 0 Å². The van der Waals surface area contributed by atoms with E-state index in [2.05, 4.69) is 5.32 Å². The number of nitrogens with two attached hydrogens (primary N) is 1. The second-order valence-corrected chi connectivity index (χ2v) is 3.47. The van der Waals surface area contributed by atoms with Crippen molar-refractivity contribution in [1.82, 2.24) is 0 Å². The summed E-state index contributed by atoms with van der Waals surface area (Å²) < 4.78 is 10.1. The Labute approximate surface area is 98.5 Å². The van der Waals surface area contributed by atoms with Crippen LogP contribution in [0.4, 0.5) is 11.4 Å². The molecule has 1 aromatic rings. The molecule has 0 heterocycles. The Morgan fingerprint density at radius 1 is 1.38 bits per heavy atom. The average molecular weight is 245 g/mol. The fourth-order valence-corrected chi connectivity index (χ4v) is 1.63. The van der Waals surface area contributed by atoms with Crippen molar-refractivity contribution in [1.29, 1.82) is 0 Å². The van der Waals surface area contributed by atoms with Crippen molar-refractivity contribution in [2.75, 3.05) is 25.3 Å². The first-order chi connectivity index (χ1) is 7.51. The largest absolute Gasteiger partial charge is 0.493 e. The molecule has 1 amide bonds. The van der Waals surface area contributed by atoms with Crippen LogP contribution in [0.3, 0.4) is 0 Å². The van der Waals surface area contributed by atoms with Crippen molar-refractivity contribution in [2.45, 2.75) is 6.92 Å². The highest BCUT2D eigenvalue weighted by Gasteiger charge is 2.17. The SMILES string of the molecule is COc1c(Cl)cc(NC(C)=O)c(OC)c1N. The van der Waals surface area contributed by atoms with Gasteiger partial charge in [-0.2, -0.15) is 0 Å². The normalized spacial score (nSPS) is 9.75. The Kier molecular flexibility index (Phi) is 3.84. The number of carbonyl (C=O) groups excluding carboxylic acids is 1. The lowest BCUT2D eigenvalue weighted by atomic mass is 10.2. The smallest absolute Gasteiger partial charge is 0.221 e. The first-order valence-electron chi connectivity index (χ1n) is 4.48. The summed E-state index contributed by atoms with van der Waals surface area (Å²) in [6.07, 6.45) is 0. The van der Waals surface area contributed by atoms with Gasteiger partial charge >= 0.3 is 0 Å². The van der Waals surface area contributed by atoms with Crippen LogP contribution in [-0.4, -0.2) is 20.1 Å². The van der Waals surface area contributed by atoms with E-state index in [0.717, 1.165) is 0 Å². The van der Waals surface area contributed by atoms with Crippen molar-refractivity contribution < 1.29 is 14.3 Å². The van der Waals surface area contributed by atoms with Crippen molar-refractivity contribution in [3.63, 3.8) is 0 Å². The predicted molar refractivity (Wildman–Crippen MR) is 63.3 cm³/mol. The third-order valence-corrected chi connectivity index (χ3v) is 2.22. The molecule has 0 saturated heterocycles. The maximum absolute atomic E-state index is 11.0. The van der Waals surface area contributed by atoms with Gasteiger partial charge in [0, 0.05) is 6.92 Å². The summed E-state index contributed by atoms with van der Waals surface area (Å²) in [5.41, 5.74) is 6.46. The third kappa shape index (κ3) is 2.30. The van der Waals surface area contributed by atoms with Crippen LogP contribution in [0.15, 0.2) is 6.07 Å². The number of hydrogen-bond acceptors (Lipinski definition) is 4. The second-order valence-electron chi connectivity index (χ2n) is 3.07. The topological polar surface area (TPSA) is 73.6 Å². The second kappa shape index (κ2) is 4.94. The third-order valence-electron chi connectivity index (χ3n) is 1.94. The van der Waals surface area contributed by atoms with E-state index < -0.39 is 0 Å². The molecule has 16 heavy (non-hydrogen) atoms. The highest BCUT2D eigenvalue weighted by molar-refractivity contribution is 6.33. The first-order valence-corrected chi connectivity index (χ1v) is 4.86. The van der Waals surface area contributed by atoms with Crippen LogP contribution in [0.1, 0.15) is 6.92 Å². The van der Waals surface area contributed by atoms with Crippen LogP contribution in [0.2, 0.25) is 5.02 Å². The van der Waals surface area contributed by atoms with E-state index in [0.29, 0.717) is 22.2 Å². The van der Waals surface area contributed by atoms with Gasteiger partial charge in [-0.3, -0.25) is 4.79 Å². The minimum absolute atomic E-state index is 0.237. The molecule has 0 atom stereocenters. The lowest BCUT2D eigenvalue weighted by molar-refractivity contribution is -0.114. The predicted octanol–water partition coefficient (Wildman–Crippen LogP) is 1.90. The fraction of sp³-hybridized carbons (Fsp3) is 0.300. The highest BCUT2D eigenvalue weighted by atomic mass is 35.5. The van der Waals surface area contributed by atoms with Gasteiger partial charge in [0.1, 0.15) is 5.69 Å². The molecule has 5 nitrogen and oxygen atoms in total.